The highest BCUT2D eigenvalue weighted by Crippen LogP contribution is 2.41. The van der Waals surface area contributed by atoms with Gasteiger partial charge in [0.15, 0.2) is 0 Å². The Balaban J connectivity index is 1.46. The number of benzene rings is 1. The standard InChI is InChI=1S/C19H26N2/c1-3-15-4-2-6-17-12-21(11-16(5-1)19(15)17)18-13-20-9-7-14(18)8-10-20/h1,3,5,14,17-18H,2,4,6-13H2. The number of fused-ring (bicyclic) bond motifs is 3. The van der Waals surface area contributed by atoms with Gasteiger partial charge in [-0.2, -0.15) is 0 Å². The van der Waals surface area contributed by atoms with E-state index in [0.717, 1.165) is 17.9 Å². The maximum absolute atomic E-state index is 2.86. The van der Waals surface area contributed by atoms with Gasteiger partial charge in [0.2, 0.25) is 0 Å². The average Bonchev–Trinajstić information content (AvgIpc) is 2.56. The van der Waals surface area contributed by atoms with E-state index in [1.54, 1.807) is 16.7 Å². The second-order valence-electron chi connectivity index (χ2n) is 7.71. The Morgan fingerprint density at radius 2 is 1.81 bits per heavy atom. The molecule has 1 aromatic rings. The molecule has 0 saturated carbocycles. The molecule has 1 aromatic carbocycles. The van der Waals surface area contributed by atoms with E-state index in [-0.39, 0.29) is 0 Å². The molecule has 3 saturated heterocycles. The molecule has 112 valence electrons. The monoisotopic (exact) mass is 282 g/mol. The molecule has 0 amide bonds. The highest BCUT2D eigenvalue weighted by Gasteiger charge is 2.40. The van der Waals surface area contributed by atoms with E-state index in [1.807, 2.05) is 0 Å². The Kier molecular flexibility index (Phi) is 2.91. The third kappa shape index (κ3) is 1.99. The first-order valence-electron chi connectivity index (χ1n) is 8.95. The van der Waals surface area contributed by atoms with Crippen molar-refractivity contribution >= 4 is 0 Å². The minimum absolute atomic E-state index is 0.828. The van der Waals surface area contributed by atoms with Gasteiger partial charge in [0, 0.05) is 25.7 Å². The first-order valence-corrected chi connectivity index (χ1v) is 8.95. The summed E-state index contributed by atoms with van der Waals surface area (Å²) >= 11 is 0. The summed E-state index contributed by atoms with van der Waals surface area (Å²) in [5, 5.41) is 0. The van der Waals surface area contributed by atoms with Gasteiger partial charge in [0.05, 0.1) is 0 Å². The molecule has 5 aliphatic rings. The van der Waals surface area contributed by atoms with E-state index >= 15 is 0 Å². The fraction of sp³-hybridized carbons (Fsp3) is 0.684. The predicted octanol–water partition coefficient (Wildman–Crippen LogP) is 3.02. The second-order valence-corrected chi connectivity index (χ2v) is 7.71. The summed E-state index contributed by atoms with van der Waals surface area (Å²) in [5.41, 5.74) is 5.07. The average molecular weight is 282 g/mol. The Labute approximate surface area is 128 Å². The molecule has 0 spiro atoms. The fourth-order valence-corrected chi connectivity index (χ4v) is 5.58. The minimum Gasteiger partial charge on any atom is -0.302 e. The zero-order valence-electron chi connectivity index (χ0n) is 12.9. The molecular weight excluding hydrogens is 256 g/mol. The molecule has 6 rings (SSSR count). The van der Waals surface area contributed by atoms with Crippen molar-refractivity contribution in [2.45, 2.75) is 50.6 Å². The lowest BCUT2D eigenvalue weighted by Gasteiger charge is -2.51. The molecule has 1 aliphatic carbocycles. The number of hydrogen-bond acceptors (Lipinski definition) is 2. The summed E-state index contributed by atoms with van der Waals surface area (Å²) in [6.45, 7) is 6.61. The van der Waals surface area contributed by atoms with Gasteiger partial charge in [-0.15, -0.1) is 0 Å². The van der Waals surface area contributed by atoms with E-state index in [4.69, 9.17) is 0 Å². The summed E-state index contributed by atoms with van der Waals surface area (Å²) in [4.78, 5) is 5.57. The van der Waals surface area contributed by atoms with Crippen LogP contribution in [0.5, 0.6) is 0 Å². The molecule has 4 aliphatic heterocycles. The zero-order chi connectivity index (χ0) is 13.8. The predicted molar refractivity (Wildman–Crippen MR) is 85.5 cm³/mol. The lowest BCUT2D eigenvalue weighted by Crippen LogP contribution is -2.58. The van der Waals surface area contributed by atoms with Gasteiger partial charge in [0.25, 0.3) is 0 Å². The largest absolute Gasteiger partial charge is 0.302 e. The first kappa shape index (κ1) is 12.7. The molecule has 0 aromatic heterocycles. The van der Waals surface area contributed by atoms with Gasteiger partial charge in [-0.1, -0.05) is 18.2 Å². The smallest absolute Gasteiger partial charge is 0.0256 e. The van der Waals surface area contributed by atoms with Crippen LogP contribution in [0.3, 0.4) is 0 Å². The van der Waals surface area contributed by atoms with Crippen LogP contribution in [0, 0.1) is 5.92 Å². The van der Waals surface area contributed by atoms with Crippen molar-refractivity contribution in [1.29, 1.82) is 0 Å². The number of hydrogen-bond donors (Lipinski definition) is 0. The molecule has 2 bridgehead atoms. The van der Waals surface area contributed by atoms with Crippen LogP contribution >= 0.6 is 0 Å². The molecule has 3 fully saturated rings. The van der Waals surface area contributed by atoms with Gasteiger partial charge in [0.1, 0.15) is 0 Å². The quantitative estimate of drug-likeness (QED) is 0.781. The molecule has 2 heteroatoms. The van der Waals surface area contributed by atoms with Gasteiger partial charge in [-0.05, 0) is 73.7 Å². The molecule has 2 unspecified atom stereocenters. The van der Waals surface area contributed by atoms with E-state index in [1.165, 1.54) is 64.8 Å². The number of rotatable bonds is 1. The SMILES string of the molecule is c1cc2c3c(c1)CN(C1CN4CCC1CC4)CC3CCC2. The van der Waals surface area contributed by atoms with Gasteiger partial charge < -0.3 is 4.90 Å². The molecule has 2 atom stereocenters. The second kappa shape index (κ2) is 4.82. The third-order valence-corrected chi connectivity index (χ3v) is 6.61. The number of nitrogens with zero attached hydrogens (tertiary/aromatic N) is 2. The summed E-state index contributed by atoms with van der Waals surface area (Å²) in [6, 6.07) is 7.93. The van der Waals surface area contributed by atoms with Crippen LogP contribution in [-0.4, -0.2) is 42.0 Å². The Morgan fingerprint density at radius 3 is 2.62 bits per heavy atom. The number of aryl methyl sites for hydroxylation is 1. The van der Waals surface area contributed by atoms with E-state index in [9.17, 15) is 0 Å². The Morgan fingerprint density at radius 1 is 0.952 bits per heavy atom. The van der Waals surface area contributed by atoms with Crippen LogP contribution < -0.4 is 0 Å². The topological polar surface area (TPSA) is 6.48 Å². The van der Waals surface area contributed by atoms with Crippen molar-refractivity contribution in [3.63, 3.8) is 0 Å². The van der Waals surface area contributed by atoms with Gasteiger partial charge in [-0.25, -0.2) is 0 Å². The lowest BCUT2D eigenvalue weighted by atomic mass is 9.75. The van der Waals surface area contributed by atoms with Crippen molar-refractivity contribution in [2.75, 3.05) is 26.2 Å². The normalized spacial score (nSPS) is 38.3. The summed E-state index contributed by atoms with van der Waals surface area (Å²) in [5.74, 6) is 1.80. The van der Waals surface area contributed by atoms with Crippen LogP contribution in [0.4, 0.5) is 0 Å². The van der Waals surface area contributed by atoms with Crippen LogP contribution in [-0.2, 0) is 13.0 Å². The van der Waals surface area contributed by atoms with Crippen molar-refractivity contribution in [3.05, 3.63) is 34.9 Å². The van der Waals surface area contributed by atoms with Crippen LogP contribution in [0.15, 0.2) is 18.2 Å². The summed E-state index contributed by atoms with van der Waals surface area (Å²) in [7, 11) is 0. The van der Waals surface area contributed by atoms with E-state index in [2.05, 4.69) is 28.0 Å². The van der Waals surface area contributed by atoms with E-state index in [0.29, 0.717) is 0 Å². The van der Waals surface area contributed by atoms with Crippen molar-refractivity contribution in [2.24, 2.45) is 5.92 Å². The molecule has 0 N–H and O–H groups in total. The molecular formula is C19H26N2. The fourth-order valence-electron chi connectivity index (χ4n) is 5.58. The maximum atomic E-state index is 2.86. The number of piperidine rings is 3. The third-order valence-electron chi connectivity index (χ3n) is 6.61. The molecule has 4 heterocycles. The minimum atomic E-state index is 0.828. The van der Waals surface area contributed by atoms with Crippen LogP contribution in [0.1, 0.15) is 48.3 Å². The first-order chi connectivity index (χ1) is 10.4. The zero-order valence-corrected chi connectivity index (χ0v) is 12.9. The summed E-state index contributed by atoms with van der Waals surface area (Å²) in [6.07, 6.45) is 7.02. The summed E-state index contributed by atoms with van der Waals surface area (Å²) < 4.78 is 0. The highest BCUT2D eigenvalue weighted by molar-refractivity contribution is 5.41. The molecule has 2 nitrogen and oxygen atoms in total. The maximum Gasteiger partial charge on any atom is 0.0256 e. The van der Waals surface area contributed by atoms with Crippen molar-refractivity contribution < 1.29 is 0 Å². The molecule has 21 heavy (non-hydrogen) atoms. The molecule has 0 radical (unpaired) electrons. The Bertz CT molecular complexity index is 544. The van der Waals surface area contributed by atoms with Crippen LogP contribution in [0.2, 0.25) is 0 Å². The van der Waals surface area contributed by atoms with Crippen molar-refractivity contribution in [1.82, 2.24) is 9.80 Å². The Hall–Kier alpha value is -0.860. The van der Waals surface area contributed by atoms with Gasteiger partial charge in [-0.3, -0.25) is 4.90 Å². The van der Waals surface area contributed by atoms with E-state index < -0.39 is 0 Å². The lowest BCUT2D eigenvalue weighted by molar-refractivity contribution is -0.00571. The van der Waals surface area contributed by atoms with Gasteiger partial charge >= 0.3 is 0 Å². The van der Waals surface area contributed by atoms with Crippen LogP contribution in [0.25, 0.3) is 0 Å². The van der Waals surface area contributed by atoms with Crippen molar-refractivity contribution in [3.8, 4) is 0 Å². The highest BCUT2D eigenvalue weighted by atomic mass is 15.3.